The Hall–Kier alpha value is -0.710. The summed E-state index contributed by atoms with van der Waals surface area (Å²) < 4.78 is 0. The quantitative estimate of drug-likeness (QED) is 0.777. The predicted molar refractivity (Wildman–Crippen MR) is 73.5 cm³/mol. The fraction of sp³-hybridized carbons (Fsp3) is 0.846. The molecule has 3 unspecified atom stereocenters. The van der Waals surface area contributed by atoms with Crippen molar-refractivity contribution in [3.8, 4) is 0 Å². The van der Waals surface area contributed by atoms with Gasteiger partial charge in [0.2, 0.25) is 11.8 Å². The third-order valence-corrected chi connectivity index (χ3v) is 4.99. The van der Waals surface area contributed by atoms with Crippen molar-refractivity contribution in [3.05, 3.63) is 0 Å². The van der Waals surface area contributed by atoms with E-state index < -0.39 is 0 Å². The highest BCUT2D eigenvalue weighted by atomic mass is 32.2. The fourth-order valence-electron chi connectivity index (χ4n) is 2.81. The second-order valence-electron chi connectivity index (χ2n) is 5.26. The maximum atomic E-state index is 12.5. The molecule has 4 nitrogen and oxygen atoms in total. The van der Waals surface area contributed by atoms with Crippen molar-refractivity contribution in [1.82, 2.24) is 9.80 Å². The van der Waals surface area contributed by atoms with Crippen LogP contribution in [0.15, 0.2) is 0 Å². The van der Waals surface area contributed by atoms with Gasteiger partial charge in [0.1, 0.15) is 12.1 Å². The highest BCUT2D eigenvalue weighted by Crippen LogP contribution is 2.27. The number of hydrogen-bond acceptors (Lipinski definition) is 3. The number of piperazine rings is 1. The van der Waals surface area contributed by atoms with Crippen LogP contribution in [0.5, 0.6) is 0 Å². The average Bonchev–Trinajstić information content (AvgIpc) is 2.40. The molecule has 0 radical (unpaired) electrons. The van der Waals surface area contributed by atoms with Gasteiger partial charge in [-0.1, -0.05) is 6.92 Å². The molecule has 0 aromatic rings. The monoisotopic (exact) mass is 270 g/mol. The number of amides is 2. The first-order valence-electron chi connectivity index (χ1n) is 6.70. The molecule has 0 N–H and O–H groups in total. The smallest absolute Gasteiger partial charge is 0.246 e. The molecule has 18 heavy (non-hydrogen) atoms. The van der Waals surface area contributed by atoms with Gasteiger partial charge in [-0.3, -0.25) is 9.59 Å². The summed E-state index contributed by atoms with van der Waals surface area (Å²) in [5.74, 6) is 0.287. The number of rotatable bonds is 3. The van der Waals surface area contributed by atoms with E-state index in [0.29, 0.717) is 11.8 Å². The van der Waals surface area contributed by atoms with Gasteiger partial charge in [-0.2, -0.15) is 11.8 Å². The minimum atomic E-state index is -0.290. The molecule has 2 saturated heterocycles. The molecule has 3 atom stereocenters. The summed E-state index contributed by atoms with van der Waals surface area (Å²) in [7, 11) is 0. The lowest BCUT2D eigenvalue weighted by Gasteiger charge is -2.46. The number of thioether (sulfide) groups is 1. The van der Waals surface area contributed by atoms with Gasteiger partial charge in [-0.15, -0.1) is 0 Å². The van der Waals surface area contributed by atoms with Gasteiger partial charge < -0.3 is 9.80 Å². The van der Waals surface area contributed by atoms with Crippen molar-refractivity contribution in [2.24, 2.45) is 0 Å². The second kappa shape index (κ2) is 5.51. The molecule has 2 fully saturated rings. The van der Waals surface area contributed by atoms with E-state index in [2.05, 4.69) is 6.92 Å². The normalized spacial score (nSPS) is 30.4. The van der Waals surface area contributed by atoms with Crippen LogP contribution in [0.2, 0.25) is 0 Å². The maximum Gasteiger partial charge on any atom is 0.246 e. The lowest BCUT2D eigenvalue weighted by Crippen LogP contribution is -2.65. The van der Waals surface area contributed by atoms with E-state index in [9.17, 15) is 9.59 Å². The van der Waals surface area contributed by atoms with Crippen LogP contribution in [0.3, 0.4) is 0 Å². The number of carbonyl (C=O) groups excluding carboxylic acids is 2. The van der Waals surface area contributed by atoms with Crippen molar-refractivity contribution in [3.63, 3.8) is 0 Å². The van der Waals surface area contributed by atoms with Crippen molar-refractivity contribution in [2.45, 2.75) is 50.4 Å². The number of fused-ring (bicyclic) bond motifs is 1. The minimum absolute atomic E-state index is 0.132. The topological polar surface area (TPSA) is 40.6 Å². The van der Waals surface area contributed by atoms with Crippen LogP contribution >= 0.6 is 11.8 Å². The summed E-state index contributed by atoms with van der Waals surface area (Å²) >= 11 is 1.73. The summed E-state index contributed by atoms with van der Waals surface area (Å²) in [6.07, 6.45) is 4.96. The van der Waals surface area contributed by atoms with Gasteiger partial charge >= 0.3 is 0 Å². The van der Waals surface area contributed by atoms with Gasteiger partial charge in [0.15, 0.2) is 0 Å². The summed E-state index contributed by atoms with van der Waals surface area (Å²) in [6.45, 7) is 5.39. The Balaban J connectivity index is 2.16. The molecule has 2 aliphatic heterocycles. The van der Waals surface area contributed by atoms with Crippen molar-refractivity contribution >= 4 is 23.6 Å². The Bertz CT molecular complexity index is 348. The van der Waals surface area contributed by atoms with Gasteiger partial charge in [-0.25, -0.2) is 0 Å². The molecule has 0 aromatic carbocycles. The molecule has 2 rings (SSSR count). The molecular weight excluding hydrogens is 248 g/mol. The molecule has 2 heterocycles. The van der Waals surface area contributed by atoms with Crippen LogP contribution in [0, 0.1) is 0 Å². The number of hydrogen-bond donors (Lipinski definition) is 0. The fourth-order valence-corrected chi connectivity index (χ4v) is 3.12. The largest absolute Gasteiger partial charge is 0.329 e. The predicted octanol–water partition coefficient (Wildman–Crippen LogP) is 1.35. The first kappa shape index (κ1) is 13.7. The summed E-state index contributed by atoms with van der Waals surface area (Å²) in [5.41, 5.74) is 0. The van der Waals surface area contributed by atoms with E-state index >= 15 is 0 Å². The molecule has 0 spiro atoms. The highest BCUT2D eigenvalue weighted by Gasteiger charge is 2.44. The Morgan fingerprint density at radius 2 is 2.06 bits per heavy atom. The highest BCUT2D eigenvalue weighted by molar-refractivity contribution is 7.99. The summed E-state index contributed by atoms with van der Waals surface area (Å²) in [5, 5.41) is 0.374. The van der Waals surface area contributed by atoms with Crippen LogP contribution in [0.1, 0.15) is 33.1 Å². The SMILES string of the molecule is CSC(C)CN1C(=O)C2CCCCN2C(=O)C1C. The van der Waals surface area contributed by atoms with E-state index in [-0.39, 0.29) is 23.9 Å². The zero-order valence-electron chi connectivity index (χ0n) is 11.4. The van der Waals surface area contributed by atoms with Crippen molar-refractivity contribution in [1.29, 1.82) is 0 Å². The molecule has 0 bridgehead atoms. The molecule has 0 saturated carbocycles. The van der Waals surface area contributed by atoms with Gasteiger partial charge in [0, 0.05) is 18.3 Å². The molecule has 5 heteroatoms. The Kier molecular flexibility index (Phi) is 4.20. The second-order valence-corrected chi connectivity index (χ2v) is 6.53. The Morgan fingerprint density at radius 1 is 1.33 bits per heavy atom. The van der Waals surface area contributed by atoms with Crippen LogP contribution < -0.4 is 0 Å². The molecule has 102 valence electrons. The van der Waals surface area contributed by atoms with E-state index in [1.54, 1.807) is 21.6 Å². The summed E-state index contributed by atoms with van der Waals surface area (Å²) in [6, 6.07) is -0.474. The first-order chi connectivity index (χ1) is 8.56. The van der Waals surface area contributed by atoms with Gasteiger partial charge in [0.05, 0.1) is 0 Å². The average molecular weight is 270 g/mol. The van der Waals surface area contributed by atoms with Crippen molar-refractivity contribution in [2.75, 3.05) is 19.3 Å². The number of piperidine rings is 1. The number of nitrogens with zero attached hydrogens (tertiary/aromatic N) is 2. The third kappa shape index (κ3) is 2.37. The van der Waals surface area contributed by atoms with E-state index in [1.807, 2.05) is 13.2 Å². The maximum absolute atomic E-state index is 12.5. The van der Waals surface area contributed by atoms with Crippen molar-refractivity contribution < 1.29 is 9.59 Å². The molecule has 2 amide bonds. The lowest BCUT2D eigenvalue weighted by molar-refractivity contribution is -0.162. The molecule has 2 aliphatic rings. The molecule has 0 aliphatic carbocycles. The van der Waals surface area contributed by atoms with Gasteiger partial charge in [0.25, 0.3) is 0 Å². The molecule has 0 aromatic heterocycles. The molecular formula is C13H22N2O2S. The van der Waals surface area contributed by atoms with Crippen LogP contribution in [-0.2, 0) is 9.59 Å². The lowest BCUT2D eigenvalue weighted by atomic mass is 9.95. The number of carbonyl (C=O) groups is 2. The van der Waals surface area contributed by atoms with Crippen LogP contribution in [0.25, 0.3) is 0 Å². The third-order valence-electron chi connectivity index (χ3n) is 4.04. The van der Waals surface area contributed by atoms with Crippen LogP contribution in [-0.4, -0.2) is 58.3 Å². The van der Waals surface area contributed by atoms with E-state index in [1.165, 1.54) is 0 Å². The zero-order valence-corrected chi connectivity index (χ0v) is 12.2. The first-order valence-corrected chi connectivity index (χ1v) is 7.98. The Morgan fingerprint density at radius 3 is 2.72 bits per heavy atom. The Labute approximate surface area is 113 Å². The summed E-state index contributed by atoms with van der Waals surface area (Å²) in [4.78, 5) is 28.4. The standard InChI is InChI=1S/C13H22N2O2S/c1-9(18-3)8-15-10(2)12(16)14-7-5-4-6-11(14)13(15)17/h9-11H,4-8H2,1-3H3. The van der Waals surface area contributed by atoms with Gasteiger partial charge in [-0.05, 0) is 32.4 Å². The van der Waals surface area contributed by atoms with E-state index in [4.69, 9.17) is 0 Å². The van der Waals surface area contributed by atoms with Crippen LogP contribution in [0.4, 0.5) is 0 Å². The minimum Gasteiger partial charge on any atom is -0.329 e. The van der Waals surface area contributed by atoms with E-state index in [0.717, 1.165) is 25.8 Å². The zero-order chi connectivity index (χ0) is 13.3.